The average Bonchev–Trinajstić information content (AvgIpc) is 2.78. The topological polar surface area (TPSA) is 66.8 Å². The fourth-order valence-corrected chi connectivity index (χ4v) is 5.86. The van der Waals surface area contributed by atoms with Crippen molar-refractivity contribution in [3.05, 3.63) is 88.2 Å². The van der Waals surface area contributed by atoms with Crippen molar-refractivity contribution in [1.82, 2.24) is 0 Å². The van der Waals surface area contributed by atoms with Crippen LogP contribution in [0.15, 0.2) is 65.6 Å². The molecular weight excluding hydrogens is 477 g/mol. The quantitative estimate of drug-likeness (QED) is 0.456. The molecule has 0 saturated heterocycles. The summed E-state index contributed by atoms with van der Waals surface area (Å²) in [5, 5.41) is 10.4. The lowest BCUT2D eigenvalue weighted by Crippen LogP contribution is -2.47. The van der Waals surface area contributed by atoms with Crippen LogP contribution in [0.3, 0.4) is 0 Å². The second kappa shape index (κ2) is 9.41. The van der Waals surface area contributed by atoms with E-state index in [0.717, 1.165) is 5.56 Å². The fraction of sp³-hybridized carbons (Fsp3) is 0.231. The molecule has 3 aromatic carbocycles. The molecule has 1 N–H and O–H groups in total. The Kier molecular flexibility index (Phi) is 6.71. The van der Waals surface area contributed by atoms with Gasteiger partial charge in [-0.05, 0) is 73.9 Å². The van der Waals surface area contributed by atoms with Gasteiger partial charge in [-0.25, -0.2) is 12.8 Å². The number of fused-ring (bicyclic) bond motifs is 1. The van der Waals surface area contributed by atoms with E-state index in [4.69, 9.17) is 16.3 Å². The maximum Gasteiger partial charge on any atom is 0.264 e. The summed E-state index contributed by atoms with van der Waals surface area (Å²) in [4.78, 5) is 0.153. The van der Waals surface area contributed by atoms with Gasteiger partial charge in [0.2, 0.25) is 0 Å². The van der Waals surface area contributed by atoms with Crippen molar-refractivity contribution < 1.29 is 22.7 Å². The Balaban J connectivity index is 1.82. The molecule has 3 aromatic rings. The maximum atomic E-state index is 14.4. The van der Waals surface area contributed by atoms with E-state index in [9.17, 15) is 17.9 Å². The van der Waals surface area contributed by atoms with Gasteiger partial charge in [0.25, 0.3) is 10.0 Å². The summed E-state index contributed by atoms with van der Waals surface area (Å²) >= 11 is 6.20. The zero-order valence-electron chi connectivity index (χ0n) is 19.0. The van der Waals surface area contributed by atoms with Crippen LogP contribution in [-0.2, 0) is 10.0 Å². The fourth-order valence-electron chi connectivity index (χ4n) is 3.96. The molecule has 0 amide bonds. The maximum absolute atomic E-state index is 14.4. The Hall–Kier alpha value is -2.87. The second-order valence-corrected chi connectivity index (χ2v) is 10.7. The van der Waals surface area contributed by atoms with Gasteiger partial charge in [-0.3, -0.25) is 4.31 Å². The molecule has 1 heterocycles. The number of aliphatic hydroxyl groups is 1. The van der Waals surface area contributed by atoms with Gasteiger partial charge in [0.05, 0.1) is 28.3 Å². The van der Waals surface area contributed by atoms with E-state index in [2.05, 4.69) is 0 Å². The van der Waals surface area contributed by atoms with Crippen molar-refractivity contribution in [1.29, 1.82) is 0 Å². The SMILES string of the molecule is C/C(=C\c1ccc2c(c1)N(S(=O)(=O)c1cccc(C)c1)CC([C@@H](C)O)O2)c1c(F)cccc1Cl. The van der Waals surface area contributed by atoms with Crippen LogP contribution in [0.1, 0.15) is 30.5 Å². The van der Waals surface area contributed by atoms with Gasteiger partial charge in [-0.15, -0.1) is 0 Å². The highest BCUT2D eigenvalue weighted by Crippen LogP contribution is 2.39. The molecule has 2 atom stereocenters. The van der Waals surface area contributed by atoms with Crippen molar-refractivity contribution >= 4 is 39.0 Å². The Labute approximate surface area is 204 Å². The highest BCUT2D eigenvalue weighted by atomic mass is 35.5. The molecule has 1 aliphatic heterocycles. The minimum absolute atomic E-state index is 0.0494. The molecule has 178 valence electrons. The first kappa shape index (κ1) is 24.3. The lowest BCUT2D eigenvalue weighted by molar-refractivity contribution is 0.0503. The molecular formula is C26H25ClFNO4S. The summed E-state index contributed by atoms with van der Waals surface area (Å²) in [5.74, 6) is -0.0990. The first-order valence-corrected chi connectivity index (χ1v) is 12.6. The monoisotopic (exact) mass is 501 g/mol. The smallest absolute Gasteiger partial charge is 0.264 e. The molecule has 1 unspecified atom stereocenters. The first-order chi connectivity index (χ1) is 16.1. The van der Waals surface area contributed by atoms with Gasteiger partial charge < -0.3 is 9.84 Å². The lowest BCUT2D eigenvalue weighted by Gasteiger charge is -2.36. The third-order valence-corrected chi connectivity index (χ3v) is 7.82. The molecule has 4 rings (SSSR count). The predicted octanol–water partition coefficient (Wildman–Crippen LogP) is 5.69. The number of nitrogens with zero attached hydrogens (tertiary/aromatic N) is 1. The van der Waals surface area contributed by atoms with E-state index in [0.29, 0.717) is 27.6 Å². The van der Waals surface area contributed by atoms with Crippen molar-refractivity contribution in [3.8, 4) is 5.75 Å². The van der Waals surface area contributed by atoms with Gasteiger partial charge in [0, 0.05) is 5.56 Å². The molecule has 5 nitrogen and oxygen atoms in total. The normalized spacial score (nSPS) is 17.2. The molecule has 1 aliphatic rings. The van der Waals surface area contributed by atoms with E-state index in [1.165, 1.54) is 16.4 Å². The van der Waals surface area contributed by atoms with Gasteiger partial charge >= 0.3 is 0 Å². The van der Waals surface area contributed by atoms with Crippen LogP contribution in [0.5, 0.6) is 5.75 Å². The number of halogens is 2. The Morgan fingerprint density at radius 2 is 1.94 bits per heavy atom. The highest BCUT2D eigenvalue weighted by molar-refractivity contribution is 7.92. The number of aryl methyl sites for hydroxylation is 1. The van der Waals surface area contributed by atoms with Gasteiger partial charge in [-0.1, -0.05) is 41.9 Å². The van der Waals surface area contributed by atoms with E-state index in [1.54, 1.807) is 62.4 Å². The predicted molar refractivity (Wildman–Crippen MR) is 133 cm³/mol. The van der Waals surface area contributed by atoms with E-state index >= 15 is 0 Å². The lowest BCUT2D eigenvalue weighted by atomic mass is 10.0. The molecule has 0 saturated carbocycles. The number of hydrogen-bond donors (Lipinski definition) is 1. The van der Waals surface area contributed by atoms with Gasteiger partial charge in [-0.2, -0.15) is 0 Å². The minimum Gasteiger partial charge on any atom is -0.484 e. The molecule has 34 heavy (non-hydrogen) atoms. The molecule has 0 spiro atoms. The van der Waals surface area contributed by atoms with Crippen LogP contribution in [-0.4, -0.2) is 32.3 Å². The number of rotatable bonds is 5. The largest absolute Gasteiger partial charge is 0.484 e. The first-order valence-electron chi connectivity index (χ1n) is 10.8. The van der Waals surface area contributed by atoms with Crippen LogP contribution in [0.2, 0.25) is 5.02 Å². The molecule has 0 bridgehead atoms. The molecule has 0 aliphatic carbocycles. The number of ether oxygens (including phenoxy) is 1. The number of benzene rings is 3. The Morgan fingerprint density at radius 3 is 2.62 bits per heavy atom. The molecule has 8 heteroatoms. The number of anilines is 1. The van der Waals surface area contributed by atoms with E-state index in [1.807, 2.05) is 13.0 Å². The highest BCUT2D eigenvalue weighted by Gasteiger charge is 2.36. The van der Waals surface area contributed by atoms with Crippen molar-refractivity contribution in [3.63, 3.8) is 0 Å². The molecule has 0 fully saturated rings. The van der Waals surface area contributed by atoms with E-state index < -0.39 is 28.0 Å². The van der Waals surface area contributed by atoms with Crippen LogP contribution in [0, 0.1) is 12.7 Å². The summed E-state index contributed by atoms with van der Waals surface area (Å²) in [6, 6.07) is 16.2. The molecule has 0 aromatic heterocycles. The summed E-state index contributed by atoms with van der Waals surface area (Å²) in [7, 11) is -3.93. The van der Waals surface area contributed by atoms with Crippen LogP contribution in [0.25, 0.3) is 11.6 Å². The summed E-state index contributed by atoms with van der Waals surface area (Å²) in [6.45, 7) is 5.08. The van der Waals surface area contributed by atoms with Crippen molar-refractivity contribution in [2.24, 2.45) is 0 Å². The number of sulfonamides is 1. The van der Waals surface area contributed by atoms with Crippen molar-refractivity contribution in [2.75, 3.05) is 10.8 Å². The van der Waals surface area contributed by atoms with E-state index in [-0.39, 0.29) is 17.0 Å². The number of aliphatic hydroxyl groups excluding tert-OH is 1. The summed E-state index contributed by atoms with van der Waals surface area (Å²) in [5.41, 5.74) is 2.70. The minimum atomic E-state index is -3.93. The zero-order chi connectivity index (χ0) is 24.6. The third kappa shape index (κ3) is 4.69. The Morgan fingerprint density at radius 1 is 1.21 bits per heavy atom. The second-order valence-electron chi connectivity index (χ2n) is 8.40. The zero-order valence-corrected chi connectivity index (χ0v) is 20.6. The average molecular weight is 502 g/mol. The molecule has 0 radical (unpaired) electrons. The number of hydrogen-bond acceptors (Lipinski definition) is 4. The standard InChI is InChI=1S/C26H25ClFNO4S/c1-16-6-4-7-20(12-16)34(31,32)29-15-25(18(3)30)33-24-11-10-19(14-23(24)29)13-17(2)26-21(27)8-5-9-22(26)28/h4-14,18,25,30H,15H2,1-3H3/b17-13+/t18-,25?/m1/s1. The van der Waals surface area contributed by atoms with Crippen LogP contribution in [0.4, 0.5) is 10.1 Å². The summed E-state index contributed by atoms with van der Waals surface area (Å²) in [6.07, 6.45) is 0.129. The van der Waals surface area contributed by atoms with Crippen LogP contribution >= 0.6 is 11.6 Å². The number of allylic oxidation sites excluding steroid dienone is 1. The van der Waals surface area contributed by atoms with Gasteiger partial charge in [0.1, 0.15) is 17.7 Å². The van der Waals surface area contributed by atoms with Crippen molar-refractivity contribution in [2.45, 2.75) is 37.9 Å². The van der Waals surface area contributed by atoms with Gasteiger partial charge in [0.15, 0.2) is 0 Å². The van der Waals surface area contributed by atoms with Crippen LogP contribution < -0.4 is 9.04 Å². The Bertz CT molecular complexity index is 1350. The summed E-state index contributed by atoms with van der Waals surface area (Å²) < 4.78 is 48.8. The third-order valence-electron chi connectivity index (χ3n) is 5.73.